The van der Waals surface area contributed by atoms with Gasteiger partial charge in [-0.3, -0.25) is 0 Å². The van der Waals surface area contributed by atoms with Gasteiger partial charge in [-0.25, -0.2) is 4.98 Å². The van der Waals surface area contributed by atoms with Gasteiger partial charge in [0.15, 0.2) is 0 Å². The van der Waals surface area contributed by atoms with Gasteiger partial charge in [-0.15, -0.1) is 0 Å². The Morgan fingerprint density at radius 2 is 1.80 bits per heavy atom. The van der Waals surface area contributed by atoms with E-state index in [1.807, 2.05) is 0 Å². The van der Waals surface area contributed by atoms with Crippen molar-refractivity contribution in [1.82, 2.24) is 4.98 Å². The number of pyridine rings is 1. The molecule has 84 valence electrons. The van der Waals surface area contributed by atoms with Crippen LogP contribution in [0, 0.1) is 0 Å². The van der Waals surface area contributed by atoms with E-state index in [-0.39, 0.29) is 0 Å². The zero-order valence-electron chi connectivity index (χ0n) is 8.02. The van der Waals surface area contributed by atoms with Gasteiger partial charge < -0.3 is 20.6 Å². The quantitative estimate of drug-likeness (QED) is 0.531. The van der Waals surface area contributed by atoms with Gasteiger partial charge in [-0.05, 0) is 12.1 Å². The minimum atomic E-state index is -1.18. The Morgan fingerprint density at radius 3 is 2.27 bits per heavy atom. The molecule has 0 aliphatic rings. The summed E-state index contributed by atoms with van der Waals surface area (Å²) in [6.45, 7) is -1.23. The summed E-state index contributed by atoms with van der Waals surface area (Å²) in [4.78, 5) is 3.92. The van der Waals surface area contributed by atoms with Gasteiger partial charge in [0, 0.05) is 0 Å². The first-order chi connectivity index (χ1) is 7.15. The highest BCUT2D eigenvalue weighted by atomic mass is 35.5. The molecule has 0 fully saturated rings. The number of anilines is 1. The fraction of sp³-hybridized carbons (Fsp3) is 0.444. The summed E-state index contributed by atoms with van der Waals surface area (Å²) >= 11 is 5.66. The Bertz CT molecular complexity index is 310. The third-order valence-corrected chi connectivity index (χ3v) is 2.23. The lowest BCUT2D eigenvalue weighted by molar-refractivity contribution is 0.0831. The van der Waals surface area contributed by atoms with Crippen LogP contribution in [0.15, 0.2) is 18.2 Å². The molecule has 1 aromatic rings. The first kappa shape index (κ1) is 12.2. The first-order valence-electron chi connectivity index (χ1n) is 4.39. The maximum absolute atomic E-state index is 9.06. The molecule has 0 saturated carbocycles. The summed E-state index contributed by atoms with van der Waals surface area (Å²) in [5, 5.41) is 30.2. The first-order valence-corrected chi connectivity index (χ1v) is 4.77. The number of hydrogen-bond acceptors (Lipinski definition) is 5. The van der Waals surface area contributed by atoms with E-state index < -0.39 is 25.4 Å². The van der Waals surface area contributed by atoms with Gasteiger partial charge in [-0.1, -0.05) is 17.7 Å². The highest BCUT2D eigenvalue weighted by Crippen LogP contribution is 2.15. The summed E-state index contributed by atoms with van der Waals surface area (Å²) < 4.78 is 0. The van der Waals surface area contributed by atoms with E-state index in [4.69, 9.17) is 26.9 Å². The van der Waals surface area contributed by atoms with Gasteiger partial charge in [0.2, 0.25) is 0 Å². The van der Waals surface area contributed by atoms with Crippen molar-refractivity contribution in [1.29, 1.82) is 0 Å². The van der Waals surface area contributed by atoms with Crippen molar-refractivity contribution in [2.24, 2.45) is 0 Å². The van der Waals surface area contributed by atoms with Crippen LogP contribution in [0.5, 0.6) is 0 Å². The number of nitrogens with one attached hydrogen (secondary N) is 1. The van der Waals surface area contributed by atoms with Crippen LogP contribution in [-0.2, 0) is 0 Å². The fourth-order valence-electron chi connectivity index (χ4n) is 1.02. The van der Waals surface area contributed by atoms with E-state index in [0.717, 1.165) is 0 Å². The lowest BCUT2D eigenvalue weighted by Crippen LogP contribution is -2.49. The minimum absolute atomic E-state index is 0.294. The van der Waals surface area contributed by atoms with Crippen molar-refractivity contribution in [3.63, 3.8) is 0 Å². The summed E-state index contributed by atoms with van der Waals surface area (Å²) in [5.74, 6) is 0.389. The molecule has 0 bridgehead atoms. The van der Waals surface area contributed by atoms with E-state index in [9.17, 15) is 0 Å². The SMILES string of the molecule is OCC(CO)(CO)Nc1cccc(Cl)n1. The molecule has 1 rings (SSSR count). The zero-order chi connectivity index (χ0) is 11.3. The van der Waals surface area contributed by atoms with Crippen molar-refractivity contribution < 1.29 is 15.3 Å². The summed E-state index contributed by atoms with van der Waals surface area (Å²) in [6, 6.07) is 4.90. The minimum Gasteiger partial charge on any atom is -0.394 e. The number of aromatic nitrogens is 1. The second-order valence-electron chi connectivity index (χ2n) is 3.23. The molecule has 0 aliphatic carbocycles. The largest absolute Gasteiger partial charge is 0.394 e. The van der Waals surface area contributed by atoms with Gasteiger partial charge in [-0.2, -0.15) is 0 Å². The van der Waals surface area contributed by atoms with Gasteiger partial charge in [0.25, 0.3) is 0 Å². The predicted octanol–water partition coefficient (Wildman–Crippen LogP) is -0.137. The molecule has 0 spiro atoms. The van der Waals surface area contributed by atoms with Crippen molar-refractivity contribution in [2.45, 2.75) is 5.54 Å². The second-order valence-corrected chi connectivity index (χ2v) is 3.61. The molecule has 0 unspecified atom stereocenters. The Hall–Kier alpha value is -0.880. The molecule has 1 aromatic heterocycles. The predicted molar refractivity (Wildman–Crippen MR) is 56.9 cm³/mol. The van der Waals surface area contributed by atoms with Crippen LogP contribution >= 0.6 is 11.6 Å². The molecule has 15 heavy (non-hydrogen) atoms. The summed E-state index contributed by atoms with van der Waals surface area (Å²) in [6.07, 6.45) is 0. The Balaban J connectivity index is 2.82. The van der Waals surface area contributed by atoms with E-state index in [1.54, 1.807) is 18.2 Å². The zero-order valence-corrected chi connectivity index (χ0v) is 8.78. The molecule has 4 N–H and O–H groups in total. The van der Waals surface area contributed by atoms with Crippen molar-refractivity contribution in [3.05, 3.63) is 23.4 Å². The van der Waals surface area contributed by atoms with Crippen LogP contribution in [0.25, 0.3) is 0 Å². The number of halogens is 1. The second kappa shape index (κ2) is 5.27. The number of rotatable bonds is 5. The molecule has 0 radical (unpaired) electrons. The average Bonchev–Trinajstić information content (AvgIpc) is 2.26. The molecule has 0 aromatic carbocycles. The molecular weight excluding hydrogens is 220 g/mol. The van der Waals surface area contributed by atoms with Crippen LogP contribution in [0.3, 0.4) is 0 Å². The Kier molecular flexibility index (Phi) is 4.28. The molecule has 0 saturated heterocycles. The van der Waals surface area contributed by atoms with Gasteiger partial charge >= 0.3 is 0 Å². The van der Waals surface area contributed by atoms with Crippen molar-refractivity contribution >= 4 is 17.4 Å². The highest BCUT2D eigenvalue weighted by molar-refractivity contribution is 6.29. The molecular formula is C9H13ClN2O3. The number of aliphatic hydroxyl groups is 3. The van der Waals surface area contributed by atoms with E-state index in [0.29, 0.717) is 11.0 Å². The van der Waals surface area contributed by atoms with Gasteiger partial charge in [0.1, 0.15) is 16.5 Å². The maximum Gasteiger partial charge on any atom is 0.131 e. The van der Waals surface area contributed by atoms with Crippen molar-refractivity contribution in [3.8, 4) is 0 Å². The number of hydrogen-bond donors (Lipinski definition) is 4. The van der Waals surface area contributed by atoms with E-state index >= 15 is 0 Å². The standard InChI is InChI=1S/C9H13ClN2O3/c10-7-2-1-3-8(11-7)12-9(4-13,5-14)6-15/h1-3,13-15H,4-6H2,(H,11,12). The third-order valence-electron chi connectivity index (χ3n) is 2.02. The Morgan fingerprint density at radius 1 is 1.20 bits per heavy atom. The third kappa shape index (κ3) is 3.04. The van der Waals surface area contributed by atoms with E-state index in [2.05, 4.69) is 10.3 Å². The van der Waals surface area contributed by atoms with Crippen LogP contribution in [0.2, 0.25) is 5.15 Å². The monoisotopic (exact) mass is 232 g/mol. The van der Waals surface area contributed by atoms with Crippen molar-refractivity contribution in [2.75, 3.05) is 25.1 Å². The van der Waals surface area contributed by atoms with Crippen LogP contribution in [0.4, 0.5) is 5.82 Å². The molecule has 1 heterocycles. The molecule has 0 amide bonds. The molecule has 6 heteroatoms. The lowest BCUT2D eigenvalue weighted by Gasteiger charge is -2.29. The summed E-state index contributed by atoms with van der Waals surface area (Å²) in [5.41, 5.74) is -1.18. The van der Waals surface area contributed by atoms with Crippen LogP contribution in [-0.4, -0.2) is 45.7 Å². The van der Waals surface area contributed by atoms with Crippen LogP contribution < -0.4 is 5.32 Å². The maximum atomic E-state index is 9.06. The van der Waals surface area contributed by atoms with Crippen LogP contribution in [0.1, 0.15) is 0 Å². The molecule has 0 aliphatic heterocycles. The van der Waals surface area contributed by atoms with Gasteiger partial charge in [0.05, 0.1) is 19.8 Å². The number of aliphatic hydroxyl groups excluding tert-OH is 3. The highest BCUT2D eigenvalue weighted by Gasteiger charge is 2.28. The smallest absolute Gasteiger partial charge is 0.131 e. The molecule has 0 atom stereocenters. The van der Waals surface area contributed by atoms with E-state index in [1.165, 1.54) is 0 Å². The normalized spacial score (nSPS) is 11.5. The fourth-order valence-corrected chi connectivity index (χ4v) is 1.18. The average molecular weight is 233 g/mol. The number of nitrogens with zero attached hydrogens (tertiary/aromatic N) is 1. The lowest BCUT2D eigenvalue weighted by atomic mass is 10.0. The Labute approximate surface area is 92.3 Å². The molecule has 5 nitrogen and oxygen atoms in total. The summed E-state index contributed by atoms with van der Waals surface area (Å²) in [7, 11) is 0. The topological polar surface area (TPSA) is 85.6 Å².